The van der Waals surface area contributed by atoms with Crippen molar-refractivity contribution in [3.8, 4) is 0 Å². The van der Waals surface area contributed by atoms with Gasteiger partial charge < -0.3 is 5.32 Å². The van der Waals surface area contributed by atoms with Gasteiger partial charge in [0.05, 0.1) is 11.1 Å². The molecule has 0 saturated heterocycles. The topological polar surface area (TPSA) is 12.0 Å². The van der Waals surface area contributed by atoms with Crippen molar-refractivity contribution >= 4 is 11.6 Å². The Morgan fingerprint density at radius 1 is 0.950 bits per heavy atom. The molecule has 1 unspecified atom stereocenters. The van der Waals surface area contributed by atoms with Crippen LogP contribution in [-0.4, -0.2) is 6.54 Å². The number of benzene rings is 2. The Kier molecular flexibility index (Phi) is 4.68. The molecule has 5 heteroatoms. The smallest absolute Gasteiger partial charge is 0.159 e. The molecule has 0 amide bonds. The second kappa shape index (κ2) is 6.29. The molecule has 2 rings (SSSR count). The molecule has 20 heavy (non-hydrogen) atoms. The van der Waals surface area contributed by atoms with Crippen molar-refractivity contribution in [2.24, 2.45) is 0 Å². The van der Waals surface area contributed by atoms with Gasteiger partial charge in [-0.1, -0.05) is 30.7 Å². The number of nitrogens with one attached hydrogen (secondary N) is 1. The third-order valence-corrected chi connectivity index (χ3v) is 3.27. The van der Waals surface area contributed by atoms with E-state index in [0.29, 0.717) is 17.7 Å². The van der Waals surface area contributed by atoms with Crippen LogP contribution in [0, 0.1) is 17.5 Å². The fraction of sp³-hybridized carbons (Fsp3) is 0.200. The highest BCUT2D eigenvalue weighted by Crippen LogP contribution is 2.26. The Labute approximate surface area is 120 Å². The van der Waals surface area contributed by atoms with Gasteiger partial charge in [-0.3, -0.25) is 0 Å². The van der Waals surface area contributed by atoms with Crippen LogP contribution >= 0.6 is 11.6 Å². The molecule has 0 aliphatic rings. The van der Waals surface area contributed by atoms with Crippen LogP contribution in [0.25, 0.3) is 0 Å². The molecule has 0 aliphatic carbocycles. The Morgan fingerprint density at radius 2 is 1.55 bits per heavy atom. The van der Waals surface area contributed by atoms with Crippen LogP contribution in [0.2, 0.25) is 5.02 Å². The van der Waals surface area contributed by atoms with Crippen LogP contribution in [-0.2, 0) is 0 Å². The summed E-state index contributed by atoms with van der Waals surface area (Å²) in [4.78, 5) is 0. The fourth-order valence-corrected chi connectivity index (χ4v) is 2.13. The minimum Gasteiger partial charge on any atom is -0.307 e. The van der Waals surface area contributed by atoms with E-state index < -0.39 is 23.5 Å². The maximum absolute atomic E-state index is 13.5. The molecule has 0 bridgehead atoms. The summed E-state index contributed by atoms with van der Waals surface area (Å²) in [6.07, 6.45) is 0. The third-order valence-electron chi connectivity index (χ3n) is 2.96. The summed E-state index contributed by atoms with van der Waals surface area (Å²) in [5, 5.41) is 3.13. The first-order valence-corrected chi connectivity index (χ1v) is 6.54. The third kappa shape index (κ3) is 3.14. The van der Waals surface area contributed by atoms with Gasteiger partial charge in [-0.25, -0.2) is 13.2 Å². The summed E-state index contributed by atoms with van der Waals surface area (Å²) in [6.45, 7) is 2.47. The first kappa shape index (κ1) is 14.9. The Bertz CT molecular complexity index is 565. The summed E-state index contributed by atoms with van der Waals surface area (Å²) >= 11 is 5.65. The van der Waals surface area contributed by atoms with Crippen molar-refractivity contribution in [3.63, 3.8) is 0 Å². The van der Waals surface area contributed by atoms with Gasteiger partial charge in [0.2, 0.25) is 0 Å². The van der Waals surface area contributed by atoms with Gasteiger partial charge in [-0.05, 0) is 41.9 Å². The van der Waals surface area contributed by atoms with Gasteiger partial charge in [-0.2, -0.15) is 0 Å². The molecule has 0 aromatic heterocycles. The average Bonchev–Trinajstić information content (AvgIpc) is 2.43. The zero-order chi connectivity index (χ0) is 14.7. The molecule has 0 heterocycles. The zero-order valence-electron chi connectivity index (χ0n) is 10.8. The van der Waals surface area contributed by atoms with E-state index in [2.05, 4.69) is 5.32 Å². The molecule has 0 radical (unpaired) electrons. The molecular weight excluding hydrogens is 287 g/mol. The maximum Gasteiger partial charge on any atom is 0.159 e. The molecule has 0 fully saturated rings. The highest BCUT2D eigenvalue weighted by Gasteiger charge is 2.16. The maximum atomic E-state index is 13.5. The van der Waals surface area contributed by atoms with E-state index in [0.717, 1.165) is 12.1 Å². The molecule has 0 saturated carbocycles. The molecule has 0 aliphatic heterocycles. The van der Waals surface area contributed by atoms with Crippen molar-refractivity contribution in [2.75, 3.05) is 6.54 Å². The van der Waals surface area contributed by atoms with Crippen LogP contribution in [0.15, 0.2) is 36.4 Å². The number of rotatable bonds is 4. The molecule has 1 nitrogen and oxygen atoms in total. The van der Waals surface area contributed by atoms with Gasteiger partial charge in [0, 0.05) is 0 Å². The molecule has 106 valence electrons. The Balaban J connectivity index is 2.44. The van der Waals surface area contributed by atoms with Gasteiger partial charge >= 0.3 is 0 Å². The lowest BCUT2D eigenvalue weighted by atomic mass is 9.98. The van der Waals surface area contributed by atoms with Gasteiger partial charge in [-0.15, -0.1) is 0 Å². The number of hydrogen-bond acceptors (Lipinski definition) is 1. The predicted octanol–water partition coefficient (Wildman–Crippen LogP) is 4.46. The monoisotopic (exact) mass is 299 g/mol. The summed E-state index contributed by atoms with van der Waals surface area (Å²) in [5.41, 5.74) is 1.12. The Hall–Kier alpha value is -1.52. The second-order valence-electron chi connectivity index (χ2n) is 4.34. The van der Waals surface area contributed by atoms with Crippen LogP contribution in [0.3, 0.4) is 0 Å². The van der Waals surface area contributed by atoms with Crippen molar-refractivity contribution < 1.29 is 13.2 Å². The van der Waals surface area contributed by atoms with E-state index in [4.69, 9.17) is 11.6 Å². The first-order valence-electron chi connectivity index (χ1n) is 6.16. The van der Waals surface area contributed by atoms with Gasteiger partial charge in [0.1, 0.15) is 5.82 Å². The standard InChI is InChI=1S/C15H13ClF3N/c1-2-20-15(9-3-5-11(16)13(18)7-9)10-4-6-12(17)14(19)8-10/h3-8,15,20H,2H2,1H3. The lowest BCUT2D eigenvalue weighted by Crippen LogP contribution is -2.22. The van der Waals surface area contributed by atoms with E-state index in [-0.39, 0.29) is 5.02 Å². The highest BCUT2D eigenvalue weighted by atomic mass is 35.5. The molecule has 1 atom stereocenters. The number of hydrogen-bond donors (Lipinski definition) is 1. The highest BCUT2D eigenvalue weighted by molar-refractivity contribution is 6.30. The van der Waals surface area contributed by atoms with Crippen LogP contribution in [0.1, 0.15) is 24.1 Å². The van der Waals surface area contributed by atoms with Crippen LogP contribution in [0.5, 0.6) is 0 Å². The van der Waals surface area contributed by atoms with Crippen LogP contribution in [0.4, 0.5) is 13.2 Å². The molecular formula is C15H13ClF3N. The van der Waals surface area contributed by atoms with Gasteiger partial charge in [0.25, 0.3) is 0 Å². The minimum absolute atomic E-state index is 0.0225. The van der Waals surface area contributed by atoms with Crippen molar-refractivity contribution in [1.82, 2.24) is 5.32 Å². The van der Waals surface area contributed by atoms with Crippen LogP contribution < -0.4 is 5.32 Å². The van der Waals surface area contributed by atoms with E-state index in [1.165, 1.54) is 18.2 Å². The summed E-state index contributed by atoms with van der Waals surface area (Å²) in [7, 11) is 0. The predicted molar refractivity (Wildman–Crippen MR) is 73.3 cm³/mol. The van der Waals surface area contributed by atoms with E-state index in [1.807, 2.05) is 6.92 Å². The molecule has 0 spiro atoms. The lowest BCUT2D eigenvalue weighted by Gasteiger charge is -2.19. The normalized spacial score (nSPS) is 12.4. The quantitative estimate of drug-likeness (QED) is 0.879. The molecule has 2 aromatic rings. The summed E-state index contributed by atoms with van der Waals surface area (Å²) < 4.78 is 39.9. The van der Waals surface area contributed by atoms with E-state index in [1.54, 1.807) is 6.07 Å². The number of halogens is 4. The zero-order valence-corrected chi connectivity index (χ0v) is 11.5. The Morgan fingerprint density at radius 3 is 2.10 bits per heavy atom. The minimum atomic E-state index is -0.931. The van der Waals surface area contributed by atoms with Gasteiger partial charge in [0.15, 0.2) is 11.6 Å². The van der Waals surface area contributed by atoms with Crippen molar-refractivity contribution in [1.29, 1.82) is 0 Å². The van der Waals surface area contributed by atoms with E-state index in [9.17, 15) is 13.2 Å². The summed E-state index contributed by atoms with van der Waals surface area (Å²) in [5.74, 6) is -2.39. The largest absolute Gasteiger partial charge is 0.307 e. The van der Waals surface area contributed by atoms with Crippen molar-refractivity contribution in [3.05, 3.63) is 70.0 Å². The molecule has 1 N–H and O–H groups in total. The summed E-state index contributed by atoms with van der Waals surface area (Å²) in [6, 6.07) is 7.59. The fourth-order valence-electron chi connectivity index (χ4n) is 2.02. The average molecular weight is 300 g/mol. The second-order valence-corrected chi connectivity index (χ2v) is 4.74. The van der Waals surface area contributed by atoms with E-state index >= 15 is 0 Å². The van der Waals surface area contributed by atoms with Crippen molar-refractivity contribution in [2.45, 2.75) is 13.0 Å². The SMILES string of the molecule is CCNC(c1ccc(F)c(F)c1)c1ccc(Cl)c(F)c1. The lowest BCUT2D eigenvalue weighted by molar-refractivity contribution is 0.503. The molecule has 2 aromatic carbocycles. The first-order chi connectivity index (χ1) is 9.52.